The van der Waals surface area contributed by atoms with Crippen molar-refractivity contribution < 1.29 is 4.79 Å². The van der Waals surface area contributed by atoms with Crippen molar-refractivity contribution >= 4 is 33.1 Å². The molecule has 1 aliphatic rings. The third-order valence-corrected chi connectivity index (χ3v) is 7.62. The van der Waals surface area contributed by atoms with E-state index in [9.17, 15) is 4.79 Å². The van der Waals surface area contributed by atoms with Gasteiger partial charge < -0.3 is 14.8 Å². The summed E-state index contributed by atoms with van der Waals surface area (Å²) in [6.45, 7) is 10.2. The predicted molar refractivity (Wildman–Crippen MR) is 140 cm³/mol. The van der Waals surface area contributed by atoms with Crippen LogP contribution in [0.5, 0.6) is 0 Å². The average molecular weight is 474 g/mol. The molecular weight excluding hydrogens is 442 g/mol. The monoisotopic (exact) mass is 473 g/mol. The molecule has 6 nitrogen and oxygen atoms in total. The lowest BCUT2D eigenvalue weighted by molar-refractivity contribution is 0.0955. The number of nitrogens with one attached hydrogen (secondary N) is 1. The number of carbonyl (C=O) groups excluding carboxylic acids is 1. The smallest absolute Gasteiger partial charge is 0.263 e. The Morgan fingerprint density at radius 2 is 1.85 bits per heavy atom. The zero-order valence-electron chi connectivity index (χ0n) is 19.8. The van der Waals surface area contributed by atoms with Crippen LogP contribution in [-0.2, 0) is 0 Å². The first-order valence-corrected chi connectivity index (χ1v) is 12.8. The lowest BCUT2D eigenvalue weighted by Gasteiger charge is -2.37. The van der Waals surface area contributed by atoms with E-state index < -0.39 is 0 Å². The number of nitrogens with zero attached hydrogens (tertiary/aromatic N) is 4. The van der Waals surface area contributed by atoms with Crippen molar-refractivity contribution in [1.29, 1.82) is 0 Å². The maximum absolute atomic E-state index is 13.1. The van der Waals surface area contributed by atoms with Crippen molar-refractivity contribution in [2.75, 3.05) is 44.2 Å². The molecule has 5 rings (SSSR count). The molecule has 0 unspecified atom stereocenters. The third kappa shape index (κ3) is 4.72. The number of pyridine rings is 1. The lowest BCUT2D eigenvalue weighted by atomic mass is 10.1. The van der Waals surface area contributed by atoms with E-state index >= 15 is 0 Å². The van der Waals surface area contributed by atoms with Gasteiger partial charge in [-0.05, 0) is 68.3 Å². The first-order chi connectivity index (χ1) is 16.6. The molecular formula is C27H31N5OS. The van der Waals surface area contributed by atoms with Gasteiger partial charge >= 0.3 is 0 Å². The van der Waals surface area contributed by atoms with Gasteiger partial charge in [0.1, 0.15) is 9.71 Å². The van der Waals surface area contributed by atoms with Crippen LogP contribution in [0.4, 0.5) is 5.69 Å². The van der Waals surface area contributed by atoms with E-state index in [4.69, 9.17) is 0 Å². The molecule has 0 spiro atoms. The highest BCUT2D eigenvalue weighted by molar-refractivity contribution is 7.21. The normalized spacial score (nSPS) is 14.6. The fourth-order valence-electron chi connectivity index (χ4n) is 4.67. The van der Waals surface area contributed by atoms with E-state index in [-0.39, 0.29) is 5.91 Å². The predicted octanol–water partition coefficient (Wildman–Crippen LogP) is 4.65. The molecule has 0 atom stereocenters. The Hall–Kier alpha value is -3.16. The van der Waals surface area contributed by atoms with Crippen LogP contribution < -0.4 is 10.2 Å². The fraction of sp³-hybridized carbons (Fsp3) is 0.333. The van der Waals surface area contributed by atoms with Crippen LogP contribution in [0, 0.1) is 13.8 Å². The van der Waals surface area contributed by atoms with Gasteiger partial charge in [0.2, 0.25) is 0 Å². The minimum Gasteiger partial charge on any atom is -0.369 e. The van der Waals surface area contributed by atoms with Crippen LogP contribution in [0.1, 0.15) is 27.2 Å². The number of rotatable bonds is 7. The van der Waals surface area contributed by atoms with Gasteiger partial charge in [0.05, 0.1) is 5.69 Å². The number of anilines is 1. The molecule has 0 bridgehead atoms. The van der Waals surface area contributed by atoms with Crippen molar-refractivity contribution in [1.82, 2.24) is 19.8 Å². The molecule has 34 heavy (non-hydrogen) atoms. The van der Waals surface area contributed by atoms with E-state index in [1.165, 1.54) is 28.2 Å². The van der Waals surface area contributed by atoms with Crippen LogP contribution in [0.25, 0.3) is 15.9 Å². The van der Waals surface area contributed by atoms with Crippen LogP contribution in [0.3, 0.4) is 0 Å². The molecule has 1 amide bonds. The van der Waals surface area contributed by atoms with Crippen molar-refractivity contribution in [2.24, 2.45) is 0 Å². The Morgan fingerprint density at radius 1 is 1.06 bits per heavy atom. The van der Waals surface area contributed by atoms with Crippen molar-refractivity contribution in [3.8, 4) is 5.69 Å². The highest BCUT2D eigenvalue weighted by Gasteiger charge is 2.21. The van der Waals surface area contributed by atoms with Gasteiger partial charge in [0, 0.05) is 62.4 Å². The zero-order chi connectivity index (χ0) is 23.5. The Balaban J connectivity index is 1.14. The summed E-state index contributed by atoms with van der Waals surface area (Å²) in [5, 5.41) is 4.15. The van der Waals surface area contributed by atoms with E-state index in [0.717, 1.165) is 55.0 Å². The molecule has 7 heteroatoms. The molecule has 176 valence electrons. The quantitative estimate of drug-likeness (QED) is 0.397. The molecule has 4 heterocycles. The highest BCUT2D eigenvalue weighted by Crippen LogP contribution is 2.33. The second kappa shape index (κ2) is 9.99. The summed E-state index contributed by atoms with van der Waals surface area (Å²) >= 11 is 1.46. The van der Waals surface area contributed by atoms with Crippen LogP contribution in [0.15, 0.2) is 61.1 Å². The lowest BCUT2D eigenvalue weighted by Crippen LogP contribution is -2.47. The van der Waals surface area contributed by atoms with Gasteiger partial charge in [0.25, 0.3) is 5.91 Å². The fourth-order valence-corrected chi connectivity index (χ4v) is 5.73. The Morgan fingerprint density at radius 3 is 2.65 bits per heavy atom. The largest absolute Gasteiger partial charge is 0.369 e. The first kappa shape index (κ1) is 22.6. The molecule has 0 radical (unpaired) electrons. The second-order valence-electron chi connectivity index (χ2n) is 8.95. The van der Waals surface area contributed by atoms with E-state index in [1.54, 1.807) is 6.20 Å². The third-order valence-electron chi connectivity index (χ3n) is 6.52. The van der Waals surface area contributed by atoms with Gasteiger partial charge in [-0.25, -0.2) is 4.98 Å². The topological polar surface area (TPSA) is 53.4 Å². The van der Waals surface area contributed by atoms with Gasteiger partial charge in [-0.3, -0.25) is 9.69 Å². The van der Waals surface area contributed by atoms with Crippen LogP contribution >= 0.6 is 11.3 Å². The van der Waals surface area contributed by atoms with Gasteiger partial charge in [-0.2, -0.15) is 0 Å². The number of piperazine rings is 1. The maximum atomic E-state index is 13.1. The first-order valence-electron chi connectivity index (χ1n) is 11.9. The highest BCUT2D eigenvalue weighted by atomic mass is 32.1. The summed E-state index contributed by atoms with van der Waals surface area (Å²) in [5.74, 6) is -0.0218. The summed E-state index contributed by atoms with van der Waals surface area (Å²) in [6.07, 6.45) is 6.67. The molecule has 1 fully saturated rings. The van der Waals surface area contributed by atoms with Crippen molar-refractivity contribution in [3.05, 3.63) is 77.1 Å². The Labute approximate surface area is 204 Å². The SMILES string of the molecule is Cc1ccc(C)c(N2CCN(CCCNC(=O)c3sc4ncccc4c3-n3cccc3)CC2)c1. The molecule has 1 N–H and O–H groups in total. The summed E-state index contributed by atoms with van der Waals surface area (Å²) in [7, 11) is 0. The van der Waals surface area contributed by atoms with Crippen LogP contribution in [0.2, 0.25) is 0 Å². The molecule has 4 aromatic rings. The van der Waals surface area contributed by atoms with Crippen LogP contribution in [-0.4, -0.2) is 59.6 Å². The van der Waals surface area contributed by atoms with E-state index in [1.807, 2.05) is 41.2 Å². The standard InChI is InChI=1S/C27H31N5OS/c1-20-8-9-21(2)23(19-20)31-17-15-30(16-18-31)12-6-11-28-26(33)25-24(32-13-3-4-14-32)22-7-5-10-29-27(22)34-25/h3-5,7-10,13-14,19H,6,11-12,15-18H2,1-2H3,(H,28,33). The Kier molecular flexibility index (Phi) is 6.65. The summed E-state index contributed by atoms with van der Waals surface area (Å²) in [6, 6.07) is 14.6. The number of hydrogen-bond acceptors (Lipinski definition) is 5. The number of aryl methyl sites for hydroxylation is 2. The minimum absolute atomic E-state index is 0.0218. The van der Waals surface area contributed by atoms with Gasteiger partial charge in [-0.15, -0.1) is 11.3 Å². The zero-order valence-corrected chi connectivity index (χ0v) is 20.6. The molecule has 1 aromatic carbocycles. The number of fused-ring (bicyclic) bond motifs is 1. The maximum Gasteiger partial charge on any atom is 0.263 e. The number of thiophene rings is 1. The number of amides is 1. The number of aromatic nitrogens is 2. The molecule has 0 aliphatic carbocycles. The summed E-state index contributed by atoms with van der Waals surface area (Å²) in [5.41, 5.74) is 4.94. The number of hydrogen-bond donors (Lipinski definition) is 1. The van der Waals surface area contributed by atoms with E-state index in [2.05, 4.69) is 52.1 Å². The molecule has 3 aromatic heterocycles. The second-order valence-corrected chi connectivity index (χ2v) is 9.95. The van der Waals surface area contributed by atoms with Gasteiger partial charge in [-0.1, -0.05) is 12.1 Å². The Bertz CT molecular complexity index is 1270. The minimum atomic E-state index is -0.0218. The summed E-state index contributed by atoms with van der Waals surface area (Å²) in [4.78, 5) is 24.1. The van der Waals surface area contributed by atoms with Crippen molar-refractivity contribution in [3.63, 3.8) is 0 Å². The summed E-state index contributed by atoms with van der Waals surface area (Å²) < 4.78 is 2.00. The van der Waals surface area contributed by atoms with Gasteiger partial charge in [0.15, 0.2) is 0 Å². The molecule has 1 aliphatic heterocycles. The van der Waals surface area contributed by atoms with Crippen molar-refractivity contribution in [2.45, 2.75) is 20.3 Å². The average Bonchev–Trinajstić information content (AvgIpc) is 3.51. The van der Waals surface area contributed by atoms with E-state index in [0.29, 0.717) is 11.4 Å². The number of carbonyl (C=O) groups is 1. The number of benzene rings is 1. The molecule has 0 saturated carbocycles. The molecule has 1 saturated heterocycles.